The minimum absolute atomic E-state index is 0.590. The fourth-order valence-electron chi connectivity index (χ4n) is 2.70. The van der Waals surface area contributed by atoms with E-state index in [0.29, 0.717) is 18.5 Å². The summed E-state index contributed by atoms with van der Waals surface area (Å²) in [6.45, 7) is 0.649. The molecule has 0 aromatic carbocycles. The highest BCUT2D eigenvalue weighted by Crippen LogP contribution is 2.28. The van der Waals surface area contributed by atoms with Crippen LogP contribution in [0.3, 0.4) is 0 Å². The van der Waals surface area contributed by atoms with Gasteiger partial charge in [0.05, 0.1) is 18.3 Å². The molecular formula is C15H22N6. The SMILES string of the molecule is CN(C)c1ccnc(NCc2ccn(C3CCCC3)n2)n1. The Hall–Kier alpha value is -2.11. The second kappa shape index (κ2) is 6.11. The van der Waals surface area contributed by atoms with Gasteiger partial charge in [-0.15, -0.1) is 0 Å². The van der Waals surface area contributed by atoms with Crippen molar-refractivity contribution in [3.05, 3.63) is 30.2 Å². The van der Waals surface area contributed by atoms with Crippen molar-refractivity contribution in [1.29, 1.82) is 0 Å². The van der Waals surface area contributed by atoms with Crippen LogP contribution in [0.15, 0.2) is 24.5 Å². The first kappa shape index (κ1) is 13.9. The lowest BCUT2D eigenvalue weighted by Gasteiger charge is -2.12. The summed E-state index contributed by atoms with van der Waals surface area (Å²) in [6, 6.07) is 4.55. The molecule has 2 aromatic heterocycles. The topological polar surface area (TPSA) is 58.9 Å². The second-order valence-corrected chi connectivity index (χ2v) is 5.71. The van der Waals surface area contributed by atoms with E-state index >= 15 is 0 Å². The van der Waals surface area contributed by atoms with Gasteiger partial charge in [-0.3, -0.25) is 4.68 Å². The fourth-order valence-corrected chi connectivity index (χ4v) is 2.70. The Morgan fingerprint density at radius 1 is 1.29 bits per heavy atom. The van der Waals surface area contributed by atoms with Gasteiger partial charge in [0.1, 0.15) is 5.82 Å². The Morgan fingerprint density at radius 2 is 2.10 bits per heavy atom. The molecule has 1 N–H and O–H groups in total. The van der Waals surface area contributed by atoms with Gasteiger partial charge in [0, 0.05) is 26.5 Å². The van der Waals surface area contributed by atoms with Crippen LogP contribution in [0.1, 0.15) is 37.4 Å². The molecule has 2 aromatic rings. The summed E-state index contributed by atoms with van der Waals surface area (Å²) in [4.78, 5) is 10.6. The monoisotopic (exact) mass is 286 g/mol. The van der Waals surface area contributed by atoms with Crippen molar-refractivity contribution < 1.29 is 0 Å². The van der Waals surface area contributed by atoms with Crippen molar-refractivity contribution >= 4 is 11.8 Å². The summed E-state index contributed by atoms with van der Waals surface area (Å²) in [6.07, 6.45) is 9.00. The molecule has 6 nitrogen and oxygen atoms in total. The first-order chi connectivity index (χ1) is 10.2. The van der Waals surface area contributed by atoms with Crippen LogP contribution in [-0.2, 0) is 6.54 Å². The molecule has 1 saturated carbocycles. The van der Waals surface area contributed by atoms with E-state index in [0.717, 1.165) is 11.5 Å². The largest absolute Gasteiger partial charge is 0.363 e. The smallest absolute Gasteiger partial charge is 0.224 e. The van der Waals surface area contributed by atoms with Gasteiger partial charge in [0.15, 0.2) is 0 Å². The maximum Gasteiger partial charge on any atom is 0.224 e. The highest BCUT2D eigenvalue weighted by molar-refractivity contribution is 5.40. The van der Waals surface area contributed by atoms with Crippen LogP contribution in [0.2, 0.25) is 0 Å². The maximum absolute atomic E-state index is 4.65. The minimum Gasteiger partial charge on any atom is -0.363 e. The Labute approximate surface area is 125 Å². The van der Waals surface area contributed by atoms with Gasteiger partial charge >= 0.3 is 0 Å². The van der Waals surface area contributed by atoms with E-state index in [4.69, 9.17) is 0 Å². The fraction of sp³-hybridized carbons (Fsp3) is 0.533. The second-order valence-electron chi connectivity index (χ2n) is 5.71. The van der Waals surface area contributed by atoms with Crippen LogP contribution >= 0.6 is 0 Å². The van der Waals surface area contributed by atoms with Gasteiger partial charge in [-0.05, 0) is 25.0 Å². The zero-order valence-electron chi connectivity index (χ0n) is 12.7. The Kier molecular flexibility index (Phi) is 4.03. The number of hydrogen-bond donors (Lipinski definition) is 1. The highest BCUT2D eigenvalue weighted by atomic mass is 15.3. The first-order valence-electron chi connectivity index (χ1n) is 7.50. The van der Waals surface area contributed by atoms with Crippen molar-refractivity contribution in [3.63, 3.8) is 0 Å². The average molecular weight is 286 g/mol. The minimum atomic E-state index is 0.590. The van der Waals surface area contributed by atoms with E-state index in [-0.39, 0.29) is 0 Å². The van der Waals surface area contributed by atoms with E-state index in [1.54, 1.807) is 6.20 Å². The summed E-state index contributed by atoms with van der Waals surface area (Å²) >= 11 is 0. The van der Waals surface area contributed by atoms with Crippen molar-refractivity contribution in [3.8, 4) is 0 Å². The number of hydrogen-bond acceptors (Lipinski definition) is 5. The normalized spacial score (nSPS) is 15.3. The van der Waals surface area contributed by atoms with E-state index < -0.39 is 0 Å². The molecule has 1 aliphatic rings. The lowest BCUT2D eigenvalue weighted by atomic mass is 10.3. The van der Waals surface area contributed by atoms with Crippen molar-refractivity contribution in [1.82, 2.24) is 19.7 Å². The molecule has 0 amide bonds. The van der Waals surface area contributed by atoms with E-state index in [9.17, 15) is 0 Å². The number of anilines is 2. The predicted octanol–water partition coefficient (Wildman–Crippen LogP) is 2.47. The van der Waals surface area contributed by atoms with Gasteiger partial charge in [-0.1, -0.05) is 12.8 Å². The predicted molar refractivity (Wildman–Crippen MR) is 83.4 cm³/mol. The summed E-state index contributed by atoms with van der Waals surface area (Å²) in [5, 5.41) is 7.89. The van der Waals surface area contributed by atoms with Gasteiger partial charge in [-0.25, -0.2) is 4.98 Å². The summed E-state index contributed by atoms with van der Waals surface area (Å²) < 4.78 is 2.11. The van der Waals surface area contributed by atoms with Gasteiger partial charge in [0.25, 0.3) is 0 Å². The number of rotatable bonds is 5. The summed E-state index contributed by atoms with van der Waals surface area (Å²) in [7, 11) is 3.94. The average Bonchev–Trinajstić information content (AvgIpc) is 3.16. The third-order valence-corrected chi connectivity index (χ3v) is 3.89. The molecule has 0 spiro atoms. The lowest BCUT2D eigenvalue weighted by Crippen LogP contribution is -2.13. The van der Waals surface area contributed by atoms with Crippen LogP contribution in [0.5, 0.6) is 0 Å². The molecule has 0 unspecified atom stereocenters. The summed E-state index contributed by atoms with van der Waals surface area (Å²) in [5.74, 6) is 1.53. The third-order valence-electron chi connectivity index (χ3n) is 3.89. The van der Waals surface area contributed by atoms with E-state index in [1.807, 2.05) is 25.1 Å². The van der Waals surface area contributed by atoms with Crippen molar-refractivity contribution in [2.75, 3.05) is 24.3 Å². The number of nitrogens with zero attached hydrogens (tertiary/aromatic N) is 5. The third kappa shape index (κ3) is 3.32. The van der Waals surface area contributed by atoms with Crippen molar-refractivity contribution in [2.24, 2.45) is 0 Å². The highest BCUT2D eigenvalue weighted by Gasteiger charge is 2.17. The quantitative estimate of drug-likeness (QED) is 0.915. The van der Waals surface area contributed by atoms with E-state index in [1.165, 1.54) is 25.7 Å². The molecule has 1 aliphatic carbocycles. The lowest BCUT2D eigenvalue weighted by molar-refractivity contribution is 0.463. The molecule has 21 heavy (non-hydrogen) atoms. The molecular weight excluding hydrogens is 264 g/mol. The summed E-state index contributed by atoms with van der Waals surface area (Å²) in [5.41, 5.74) is 1.03. The standard InChI is InChI=1S/C15H22N6/c1-20(2)14-7-9-16-15(18-14)17-11-12-8-10-21(19-12)13-5-3-4-6-13/h7-10,13H,3-6,11H2,1-2H3,(H,16,17,18). The van der Waals surface area contributed by atoms with Gasteiger partial charge < -0.3 is 10.2 Å². The maximum atomic E-state index is 4.65. The molecule has 0 atom stereocenters. The first-order valence-corrected chi connectivity index (χ1v) is 7.50. The Morgan fingerprint density at radius 3 is 2.86 bits per heavy atom. The zero-order valence-corrected chi connectivity index (χ0v) is 12.7. The molecule has 112 valence electrons. The molecule has 0 aliphatic heterocycles. The van der Waals surface area contributed by atoms with Gasteiger partial charge in [0.2, 0.25) is 5.95 Å². The molecule has 0 radical (unpaired) electrons. The molecule has 0 saturated heterocycles. The number of nitrogens with one attached hydrogen (secondary N) is 1. The molecule has 3 rings (SSSR count). The zero-order chi connectivity index (χ0) is 14.7. The number of aromatic nitrogens is 4. The molecule has 6 heteroatoms. The van der Waals surface area contributed by atoms with E-state index in [2.05, 4.69) is 37.3 Å². The molecule has 2 heterocycles. The van der Waals surface area contributed by atoms with Crippen LogP contribution in [-0.4, -0.2) is 33.8 Å². The Bertz CT molecular complexity index is 585. The van der Waals surface area contributed by atoms with Crippen LogP contribution < -0.4 is 10.2 Å². The molecule has 1 fully saturated rings. The van der Waals surface area contributed by atoms with Crippen LogP contribution in [0.25, 0.3) is 0 Å². The molecule has 0 bridgehead atoms. The van der Waals surface area contributed by atoms with Gasteiger partial charge in [-0.2, -0.15) is 10.1 Å². The van der Waals surface area contributed by atoms with Crippen LogP contribution in [0.4, 0.5) is 11.8 Å². The van der Waals surface area contributed by atoms with Crippen LogP contribution in [0, 0.1) is 0 Å². The van der Waals surface area contributed by atoms with Crippen molar-refractivity contribution in [2.45, 2.75) is 38.3 Å². The Balaban J connectivity index is 1.61.